The number of nitrogens with one attached hydrogen (secondary N) is 1. The average Bonchev–Trinajstić information content (AvgIpc) is 3.01. The maximum absolute atomic E-state index is 12.0. The zero-order valence-electron chi connectivity index (χ0n) is 13.0. The van der Waals surface area contributed by atoms with E-state index in [9.17, 15) is 4.79 Å². The summed E-state index contributed by atoms with van der Waals surface area (Å²) in [6.07, 6.45) is 5.20. The van der Waals surface area contributed by atoms with Crippen molar-refractivity contribution in [3.05, 3.63) is 47.3 Å². The predicted molar refractivity (Wildman–Crippen MR) is 85.3 cm³/mol. The number of aromatic nitrogens is 3. The van der Waals surface area contributed by atoms with Crippen LogP contribution >= 0.6 is 0 Å². The molecule has 6 nitrogen and oxygen atoms in total. The number of nitrogens with two attached hydrogens (primary N) is 1. The molecule has 0 atom stereocenters. The van der Waals surface area contributed by atoms with E-state index in [-0.39, 0.29) is 5.91 Å². The van der Waals surface area contributed by atoms with Crippen LogP contribution in [0.2, 0.25) is 0 Å². The van der Waals surface area contributed by atoms with Crippen LogP contribution in [0.5, 0.6) is 0 Å². The van der Waals surface area contributed by atoms with Gasteiger partial charge in [0.15, 0.2) is 0 Å². The first-order valence-corrected chi connectivity index (χ1v) is 7.69. The first-order chi connectivity index (χ1) is 10.7. The second-order valence-electron chi connectivity index (χ2n) is 5.23. The number of aryl methyl sites for hydroxylation is 1. The Labute approximate surface area is 130 Å². The van der Waals surface area contributed by atoms with Crippen molar-refractivity contribution in [1.29, 1.82) is 0 Å². The molecule has 0 aliphatic carbocycles. The molecule has 0 fully saturated rings. The zero-order valence-corrected chi connectivity index (χ0v) is 13.0. The minimum absolute atomic E-state index is 0.0683. The van der Waals surface area contributed by atoms with Crippen molar-refractivity contribution >= 4 is 5.91 Å². The van der Waals surface area contributed by atoms with E-state index in [1.54, 1.807) is 10.9 Å². The lowest BCUT2D eigenvalue weighted by atomic mass is 10.1. The molecule has 0 saturated carbocycles. The van der Waals surface area contributed by atoms with Crippen LogP contribution in [0, 0.1) is 0 Å². The molecule has 1 aromatic heterocycles. The summed E-state index contributed by atoms with van der Waals surface area (Å²) in [6.45, 7) is 3.63. The first kappa shape index (κ1) is 16.2. The van der Waals surface area contributed by atoms with Crippen molar-refractivity contribution in [2.24, 2.45) is 5.73 Å². The standard InChI is InChI=1S/C16H23N5O/c1-2-3-4-13-5-7-14(8-6-13)16(22)18-9-10-21-12-15(11-17)19-20-21/h5-8,12H,2-4,9-11,17H2,1H3,(H,18,22). The van der Waals surface area contributed by atoms with Gasteiger partial charge in [0.2, 0.25) is 0 Å². The molecule has 22 heavy (non-hydrogen) atoms. The summed E-state index contributed by atoms with van der Waals surface area (Å²) >= 11 is 0. The highest BCUT2D eigenvalue weighted by Gasteiger charge is 2.05. The van der Waals surface area contributed by atoms with Gasteiger partial charge < -0.3 is 11.1 Å². The maximum Gasteiger partial charge on any atom is 0.251 e. The van der Waals surface area contributed by atoms with Gasteiger partial charge >= 0.3 is 0 Å². The van der Waals surface area contributed by atoms with Gasteiger partial charge in [-0.3, -0.25) is 9.48 Å². The highest BCUT2D eigenvalue weighted by molar-refractivity contribution is 5.94. The Morgan fingerprint density at radius 3 is 2.73 bits per heavy atom. The summed E-state index contributed by atoms with van der Waals surface area (Å²) < 4.78 is 1.68. The molecule has 2 aromatic rings. The number of rotatable bonds is 8. The zero-order chi connectivity index (χ0) is 15.8. The van der Waals surface area contributed by atoms with E-state index in [1.165, 1.54) is 18.4 Å². The fourth-order valence-corrected chi connectivity index (χ4v) is 2.13. The number of unbranched alkanes of at least 4 members (excludes halogenated alkanes) is 1. The molecule has 6 heteroatoms. The smallest absolute Gasteiger partial charge is 0.251 e. The van der Waals surface area contributed by atoms with Gasteiger partial charge in [-0.1, -0.05) is 30.7 Å². The van der Waals surface area contributed by atoms with Crippen molar-refractivity contribution in [2.45, 2.75) is 39.3 Å². The maximum atomic E-state index is 12.0. The number of nitrogens with zero attached hydrogens (tertiary/aromatic N) is 3. The Morgan fingerprint density at radius 2 is 2.09 bits per heavy atom. The normalized spacial score (nSPS) is 10.6. The Morgan fingerprint density at radius 1 is 1.32 bits per heavy atom. The Kier molecular flexibility index (Phi) is 6.09. The van der Waals surface area contributed by atoms with Gasteiger partial charge in [0.1, 0.15) is 0 Å². The molecule has 1 heterocycles. The molecule has 0 spiro atoms. The summed E-state index contributed by atoms with van der Waals surface area (Å²) in [5, 5.41) is 10.7. The lowest BCUT2D eigenvalue weighted by molar-refractivity contribution is 0.0952. The van der Waals surface area contributed by atoms with Crippen molar-refractivity contribution in [3.8, 4) is 0 Å². The number of carbonyl (C=O) groups excluding carboxylic acids is 1. The van der Waals surface area contributed by atoms with Crippen LogP contribution in [0.4, 0.5) is 0 Å². The highest BCUT2D eigenvalue weighted by atomic mass is 16.1. The minimum Gasteiger partial charge on any atom is -0.350 e. The molecule has 0 aliphatic heterocycles. The van der Waals surface area contributed by atoms with Crippen molar-refractivity contribution in [3.63, 3.8) is 0 Å². The van der Waals surface area contributed by atoms with Crippen LogP contribution in [0.15, 0.2) is 30.5 Å². The van der Waals surface area contributed by atoms with E-state index >= 15 is 0 Å². The summed E-state index contributed by atoms with van der Waals surface area (Å²) in [5.74, 6) is -0.0683. The monoisotopic (exact) mass is 301 g/mol. The Balaban J connectivity index is 1.79. The second-order valence-corrected chi connectivity index (χ2v) is 5.23. The van der Waals surface area contributed by atoms with Gasteiger partial charge in [-0.25, -0.2) is 0 Å². The summed E-state index contributed by atoms with van der Waals surface area (Å²) in [4.78, 5) is 12.0. The Hall–Kier alpha value is -2.21. The molecule has 2 rings (SSSR count). The lowest BCUT2D eigenvalue weighted by Crippen LogP contribution is -2.27. The van der Waals surface area contributed by atoms with E-state index in [2.05, 4.69) is 22.6 Å². The summed E-state index contributed by atoms with van der Waals surface area (Å²) in [6, 6.07) is 7.80. The van der Waals surface area contributed by atoms with Crippen molar-refractivity contribution in [1.82, 2.24) is 20.3 Å². The molecule has 0 unspecified atom stereocenters. The van der Waals surface area contributed by atoms with Crippen molar-refractivity contribution < 1.29 is 4.79 Å². The Bertz CT molecular complexity index is 591. The van der Waals surface area contributed by atoms with E-state index in [1.807, 2.05) is 24.3 Å². The number of benzene rings is 1. The molecule has 1 amide bonds. The fraction of sp³-hybridized carbons (Fsp3) is 0.438. The lowest BCUT2D eigenvalue weighted by Gasteiger charge is -2.06. The van der Waals surface area contributed by atoms with E-state index in [0.29, 0.717) is 25.2 Å². The third-order valence-electron chi connectivity index (χ3n) is 3.46. The molecule has 3 N–H and O–H groups in total. The van der Waals surface area contributed by atoms with Crippen LogP contribution in [0.1, 0.15) is 41.4 Å². The molecule has 0 aliphatic rings. The topological polar surface area (TPSA) is 85.8 Å². The van der Waals surface area contributed by atoms with Crippen LogP contribution in [0.25, 0.3) is 0 Å². The molecule has 0 saturated heterocycles. The largest absolute Gasteiger partial charge is 0.350 e. The van der Waals surface area contributed by atoms with Gasteiger partial charge in [-0.15, -0.1) is 5.10 Å². The van der Waals surface area contributed by atoms with Gasteiger partial charge in [0.25, 0.3) is 5.91 Å². The molecular weight excluding hydrogens is 278 g/mol. The molecule has 1 aromatic carbocycles. The van der Waals surface area contributed by atoms with Gasteiger partial charge in [-0.05, 0) is 30.5 Å². The molecule has 0 radical (unpaired) electrons. The molecule has 0 bridgehead atoms. The first-order valence-electron chi connectivity index (χ1n) is 7.69. The van der Waals surface area contributed by atoms with Crippen LogP contribution < -0.4 is 11.1 Å². The third-order valence-corrected chi connectivity index (χ3v) is 3.46. The number of hydrogen-bond donors (Lipinski definition) is 2. The predicted octanol–water partition coefficient (Wildman–Crippen LogP) is 1.51. The second kappa shape index (κ2) is 8.29. The highest BCUT2D eigenvalue weighted by Crippen LogP contribution is 2.07. The SMILES string of the molecule is CCCCc1ccc(C(=O)NCCn2cc(CN)nn2)cc1. The summed E-state index contributed by atoms with van der Waals surface area (Å²) in [7, 11) is 0. The third kappa shape index (κ3) is 4.66. The quantitative estimate of drug-likeness (QED) is 0.774. The number of hydrogen-bond acceptors (Lipinski definition) is 4. The molecule has 118 valence electrons. The van der Waals surface area contributed by atoms with E-state index in [0.717, 1.165) is 12.1 Å². The summed E-state index contributed by atoms with van der Waals surface area (Å²) in [5.41, 5.74) is 8.17. The fourth-order valence-electron chi connectivity index (χ4n) is 2.13. The average molecular weight is 301 g/mol. The van der Waals surface area contributed by atoms with Gasteiger partial charge in [0.05, 0.1) is 12.2 Å². The van der Waals surface area contributed by atoms with E-state index in [4.69, 9.17) is 5.73 Å². The van der Waals surface area contributed by atoms with E-state index < -0.39 is 0 Å². The molecular formula is C16H23N5O. The van der Waals surface area contributed by atoms with Gasteiger partial charge in [-0.2, -0.15) is 0 Å². The minimum atomic E-state index is -0.0683. The van der Waals surface area contributed by atoms with Crippen LogP contribution in [0.3, 0.4) is 0 Å². The van der Waals surface area contributed by atoms with Crippen LogP contribution in [-0.2, 0) is 19.5 Å². The van der Waals surface area contributed by atoms with Crippen molar-refractivity contribution in [2.75, 3.05) is 6.54 Å². The van der Waals surface area contributed by atoms with Gasteiger partial charge in [0, 0.05) is 24.8 Å². The number of amides is 1. The van der Waals surface area contributed by atoms with Crippen LogP contribution in [-0.4, -0.2) is 27.4 Å². The number of carbonyl (C=O) groups is 1.